The molecule has 0 N–H and O–H groups in total. The van der Waals surface area contributed by atoms with E-state index in [4.69, 9.17) is 4.74 Å². The summed E-state index contributed by atoms with van der Waals surface area (Å²) in [7, 11) is -3.10. The van der Waals surface area contributed by atoms with Gasteiger partial charge in [0.15, 0.2) is 16.4 Å². The average molecular weight is 379 g/mol. The molecule has 0 aliphatic carbocycles. The van der Waals surface area contributed by atoms with Gasteiger partial charge in [0, 0.05) is 18.2 Å². The zero-order valence-electron chi connectivity index (χ0n) is 15.1. The lowest BCUT2D eigenvalue weighted by molar-refractivity contribution is -0.150. The smallest absolute Gasteiger partial charge is 0.331 e. The number of hydrogen-bond donors (Lipinski definition) is 0. The van der Waals surface area contributed by atoms with Gasteiger partial charge in [0.1, 0.15) is 0 Å². The fraction of sp³-hybridized carbons (Fsp3) is 0.474. The van der Waals surface area contributed by atoms with Crippen molar-refractivity contribution in [3.63, 3.8) is 0 Å². The number of nitrogens with zero attached hydrogens (tertiary/aromatic N) is 1. The van der Waals surface area contributed by atoms with Gasteiger partial charge in [-0.3, -0.25) is 4.79 Å². The van der Waals surface area contributed by atoms with E-state index >= 15 is 0 Å². The Balaban J connectivity index is 1.94. The molecule has 26 heavy (non-hydrogen) atoms. The summed E-state index contributed by atoms with van der Waals surface area (Å²) in [5.41, 5.74) is 0.855. The second-order valence-electron chi connectivity index (χ2n) is 6.47. The van der Waals surface area contributed by atoms with Gasteiger partial charge in [-0.2, -0.15) is 0 Å². The number of benzene rings is 1. The van der Waals surface area contributed by atoms with Crippen LogP contribution >= 0.6 is 0 Å². The van der Waals surface area contributed by atoms with Gasteiger partial charge in [-0.25, -0.2) is 13.2 Å². The predicted molar refractivity (Wildman–Crippen MR) is 100 cm³/mol. The highest BCUT2D eigenvalue weighted by Crippen LogP contribution is 2.21. The Hall–Kier alpha value is -2.15. The molecule has 142 valence electrons. The van der Waals surface area contributed by atoms with Crippen LogP contribution in [0.3, 0.4) is 0 Å². The van der Waals surface area contributed by atoms with Crippen LogP contribution in [0, 0.1) is 0 Å². The highest BCUT2D eigenvalue weighted by Gasteiger charge is 2.36. The summed E-state index contributed by atoms with van der Waals surface area (Å²) in [6.07, 6.45) is 4.02. The molecule has 0 bridgehead atoms. The minimum atomic E-state index is -3.10. The first kappa shape index (κ1) is 20.2. The molecule has 6 nitrogen and oxygen atoms in total. The second kappa shape index (κ2) is 8.98. The van der Waals surface area contributed by atoms with E-state index < -0.39 is 22.4 Å². The molecule has 1 amide bonds. The summed E-state index contributed by atoms with van der Waals surface area (Å²) in [6.45, 7) is 3.42. The van der Waals surface area contributed by atoms with Gasteiger partial charge in [-0.1, -0.05) is 37.3 Å². The summed E-state index contributed by atoms with van der Waals surface area (Å²) in [4.78, 5) is 25.9. The highest BCUT2D eigenvalue weighted by atomic mass is 32.2. The molecular formula is C19H25NO5S. The number of carbonyl (C=O) groups excluding carboxylic acids is 2. The topological polar surface area (TPSA) is 80.8 Å². The van der Waals surface area contributed by atoms with Crippen LogP contribution in [0.5, 0.6) is 0 Å². The maximum Gasteiger partial charge on any atom is 0.331 e. The van der Waals surface area contributed by atoms with Crippen LogP contribution in [0.15, 0.2) is 36.4 Å². The van der Waals surface area contributed by atoms with E-state index in [-0.39, 0.29) is 29.5 Å². The van der Waals surface area contributed by atoms with E-state index in [1.807, 2.05) is 44.2 Å². The largest absolute Gasteiger partial charge is 0.452 e. The monoisotopic (exact) mass is 379 g/mol. The van der Waals surface area contributed by atoms with E-state index in [9.17, 15) is 18.0 Å². The Bertz CT molecular complexity index is 757. The molecule has 0 aromatic heterocycles. The normalized spacial score (nSPS) is 20.0. The van der Waals surface area contributed by atoms with Crippen molar-refractivity contribution in [2.75, 3.05) is 18.1 Å². The van der Waals surface area contributed by atoms with Crippen LogP contribution in [0.4, 0.5) is 0 Å². The fourth-order valence-electron chi connectivity index (χ4n) is 2.98. The summed E-state index contributed by atoms with van der Waals surface area (Å²) in [6, 6.07) is 8.82. The molecule has 0 saturated carbocycles. The van der Waals surface area contributed by atoms with E-state index in [0.29, 0.717) is 12.8 Å². The number of rotatable bonds is 7. The first-order chi connectivity index (χ1) is 12.3. The Kier molecular flexibility index (Phi) is 6.97. The van der Waals surface area contributed by atoms with Gasteiger partial charge < -0.3 is 9.64 Å². The Morgan fingerprint density at radius 2 is 2.00 bits per heavy atom. The number of hydrogen-bond acceptors (Lipinski definition) is 5. The van der Waals surface area contributed by atoms with Gasteiger partial charge in [0.25, 0.3) is 5.91 Å². The van der Waals surface area contributed by atoms with Crippen molar-refractivity contribution >= 4 is 27.8 Å². The van der Waals surface area contributed by atoms with Crippen LogP contribution in [0.2, 0.25) is 0 Å². The minimum Gasteiger partial charge on any atom is -0.452 e. The van der Waals surface area contributed by atoms with Gasteiger partial charge in [-0.15, -0.1) is 0 Å². The van der Waals surface area contributed by atoms with Crippen molar-refractivity contribution in [2.24, 2.45) is 0 Å². The number of esters is 1. The second-order valence-corrected chi connectivity index (χ2v) is 8.70. The molecule has 2 atom stereocenters. The van der Waals surface area contributed by atoms with E-state index in [2.05, 4.69) is 0 Å². The quantitative estimate of drug-likeness (QED) is 0.535. The zero-order chi connectivity index (χ0) is 19.2. The first-order valence-corrected chi connectivity index (χ1v) is 10.6. The number of ether oxygens (including phenoxy) is 1. The lowest BCUT2D eigenvalue weighted by atomic mass is 10.1. The van der Waals surface area contributed by atoms with Gasteiger partial charge in [-0.05, 0) is 31.4 Å². The van der Waals surface area contributed by atoms with Crippen molar-refractivity contribution in [1.82, 2.24) is 4.90 Å². The molecule has 2 unspecified atom stereocenters. The van der Waals surface area contributed by atoms with Gasteiger partial charge >= 0.3 is 5.97 Å². The van der Waals surface area contributed by atoms with E-state index in [1.165, 1.54) is 6.08 Å². The summed E-state index contributed by atoms with van der Waals surface area (Å²) in [5, 5.41) is 0. The summed E-state index contributed by atoms with van der Waals surface area (Å²) < 4.78 is 28.5. The zero-order valence-corrected chi connectivity index (χ0v) is 15.9. The van der Waals surface area contributed by atoms with Crippen LogP contribution < -0.4 is 0 Å². The number of carbonyl (C=O) groups is 2. The molecule has 1 aromatic rings. The Morgan fingerprint density at radius 3 is 2.58 bits per heavy atom. The van der Waals surface area contributed by atoms with Gasteiger partial charge in [0.2, 0.25) is 0 Å². The molecule has 1 heterocycles. The van der Waals surface area contributed by atoms with Crippen LogP contribution in [-0.4, -0.2) is 55.4 Å². The molecule has 1 aromatic carbocycles. The van der Waals surface area contributed by atoms with E-state index in [1.54, 1.807) is 11.0 Å². The molecular weight excluding hydrogens is 354 g/mol. The third-order valence-electron chi connectivity index (χ3n) is 4.50. The molecule has 1 saturated heterocycles. The standard InChI is InChI=1S/C19H25NO5S/c1-3-15(2)20(17-11-12-26(23,24)14-17)18(21)13-25-19(22)10-9-16-7-5-4-6-8-16/h4-10,15,17H,3,11-14H2,1-2H3. The predicted octanol–water partition coefficient (Wildman–Crippen LogP) is 2.06. The minimum absolute atomic E-state index is 0.0229. The Morgan fingerprint density at radius 1 is 1.31 bits per heavy atom. The lowest BCUT2D eigenvalue weighted by Crippen LogP contribution is -2.48. The molecule has 0 radical (unpaired) electrons. The SMILES string of the molecule is CCC(C)N(C(=O)COC(=O)C=Cc1ccccc1)C1CCS(=O)(=O)C1. The summed E-state index contributed by atoms with van der Waals surface area (Å²) in [5.74, 6) is -0.893. The van der Waals surface area contributed by atoms with Crippen molar-refractivity contribution in [3.8, 4) is 0 Å². The summed E-state index contributed by atoms with van der Waals surface area (Å²) >= 11 is 0. The lowest BCUT2D eigenvalue weighted by Gasteiger charge is -2.33. The molecule has 1 fully saturated rings. The van der Waals surface area contributed by atoms with Crippen LogP contribution in [-0.2, 0) is 24.2 Å². The molecule has 2 rings (SSSR count). The van der Waals surface area contributed by atoms with E-state index in [0.717, 1.165) is 5.56 Å². The maximum atomic E-state index is 12.6. The fourth-order valence-corrected chi connectivity index (χ4v) is 4.70. The third kappa shape index (κ3) is 5.69. The number of amides is 1. The average Bonchev–Trinajstić information content (AvgIpc) is 2.98. The van der Waals surface area contributed by atoms with Crippen molar-refractivity contribution in [3.05, 3.63) is 42.0 Å². The molecule has 0 spiro atoms. The molecule has 1 aliphatic rings. The van der Waals surface area contributed by atoms with Crippen molar-refractivity contribution < 1.29 is 22.7 Å². The third-order valence-corrected chi connectivity index (χ3v) is 6.26. The molecule has 1 aliphatic heterocycles. The number of sulfone groups is 1. The Labute approximate surface area is 154 Å². The van der Waals surface area contributed by atoms with Crippen molar-refractivity contribution in [1.29, 1.82) is 0 Å². The maximum absolute atomic E-state index is 12.6. The molecule has 7 heteroatoms. The van der Waals surface area contributed by atoms with Crippen LogP contribution in [0.25, 0.3) is 6.08 Å². The van der Waals surface area contributed by atoms with Crippen molar-refractivity contribution in [2.45, 2.75) is 38.8 Å². The van der Waals surface area contributed by atoms with Crippen LogP contribution in [0.1, 0.15) is 32.3 Å². The highest BCUT2D eigenvalue weighted by molar-refractivity contribution is 7.91. The first-order valence-electron chi connectivity index (χ1n) is 8.74. The van der Waals surface area contributed by atoms with Gasteiger partial charge in [0.05, 0.1) is 11.5 Å².